The fourth-order valence-corrected chi connectivity index (χ4v) is 5.66. The molecule has 38 heavy (non-hydrogen) atoms. The van der Waals surface area contributed by atoms with Crippen molar-refractivity contribution < 1.29 is 23.5 Å². The number of carboxylic acids is 1. The molecule has 0 saturated heterocycles. The van der Waals surface area contributed by atoms with Crippen molar-refractivity contribution in [1.29, 1.82) is 0 Å². The normalized spacial score (nSPS) is 15.6. The maximum atomic E-state index is 14.7. The standard InChI is InChI=1S/C27H20ClF2N3O4S/c1-14-6-11-21(38-14)20-12-19(32-33(20)26(37)27(29,30)13-22(34)35)24-23(15-7-9-16(28)10-8-15)17-4-2-3-5-18(17)31-25(24)36/h2-11,20H,12-13H2,1H3,(H,31,36)(H,34,35). The number of H-pyrrole nitrogens is 1. The van der Waals surface area contributed by atoms with Gasteiger partial charge in [0, 0.05) is 37.7 Å². The van der Waals surface area contributed by atoms with E-state index in [1.807, 2.05) is 13.0 Å². The predicted molar refractivity (Wildman–Crippen MR) is 142 cm³/mol. The number of fused-ring (bicyclic) bond motifs is 1. The van der Waals surface area contributed by atoms with E-state index in [0.717, 1.165) is 4.88 Å². The number of aliphatic carboxylic acids is 1. The molecule has 1 atom stereocenters. The third-order valence-electron chi connectivity index (χ3n) is 6.24. The second kappa shape index (κ2) is 9.77. The van der Waals surface area contributed by atoms with Crippen molar-refractivity contribution in [1.82, 2.24) is 9.99 Å². The number of carbonyl (C=O) groups excluding carboxylic acids is 1. The summed E-state index contributed by atoms with van der Waals surface area (Å²) in [5, 5.41) is 15.0. The molecule has 194 valence electrons. The number of rotatable bonds is 6. The van der Waals surface area contributed by atoms with Crippen molar-refractivity contribution >= 4 is 51.4 Å². The Balaban J connectivity index is 1.72. The van der Waals surface area contributed by atoms with Crippen molar-refractivity contribution in [2.75, 3.05) is 0 Å². The maximum absolute atomic E-state index is 14.7. The molecule has 1 unspecified atom stereocenters. The van der Waals surface area contributed by atoms with Gasteiger partial charge in [-0.3, -0.25) is 14.4 Å². The predicted octanol–water partition coefficient (Wildman–Crippen LogP) is 6.01. The van der Waals surface area contributed by atoms with E-state index in [4.69, 9.17) is 16.7 Å². The molecule has 0 spiro atoms. The zero-order valence-electron chi connectivity index (χ0n) is 19.9. The Morgan fingerprint density at radius 1 is 1.13 bits per heavy atom. The highest BCUT2D eigenvalue weighted by Crippen LogP contribution is 2.41. The van der Waals surface area contributed by atoms with Crippen molar-refractivity contribution in [2.45, 2.75) is 31.7 Å². The number of carbonyl (C=O) groups is 2. The second-order valence-corrected chi connectivity index (χ2v) is 10.7. The molecule has 0 fully saturated rings. The zero-order valence-corrected chi connectivity index (χ0v) is 21.4. The summed E-state index contributed by atoms with van der Waals surface area (Å²) in [7, 11) is 0. The van der Waals surface area contributed by atoms with Gasteiger partial charge in [-0.2, -0.15) is 13.9 Å². The number of hydrogen-bond donors (Lipinski definition) is 2. The molecular formula is C27H20ClF2N3O4S. The first-order chi connectivity index (χ1) is 18.0. The van der Waals surface area contributed by atoms with E-state index in [2.05, 4.69) is 10.1 Å². The highest BCUT2D eigenvalue weighted by molar-refractivity contribution is 7.12. The maximum Gasteiger partial charge on any atom is 0.337 e. The lowest BCUT2D eigenvalue weighted by Gasteiger charge is -2.24. The van der Waals surface area contributed by atoms with Gasteiger partial charge < -0.3 is 10.1 Å². The first kappa shape index (κ1) is 25.7. The molecule has 11 heteroatoms. The van der Waals surface area contributed by atoms with Crippen LogP contribution in [0.3, 0.4) is 0 Å². The first-order valence-electron chi connectivity index (χ1n) is 11.5. The van der Waals surface area contributed by atoms with E-state index in [1.165, 1.54) is 11.3 Å². The Morgan fingerprint density at radius 3 is 2.50 bits per heavy atom. The zero-order chi connectivity index (χ0) is 27.2. The van der Waals surface area contributed by atoms with Gasteiger partial charge in [0.1, 0.15) is 6.42 Å². The molecule has 0 radical (unpaired) electrons. The van der Waals surface area contributed by atoms with Crippen molar-refractivity contribution in [3.05, 3.63) is 91.4 Å². The van der Waals surface area contributed by atoms with Crippen LogP contribution in [0.25, 0.3) is 22.0 Å². The van der Waals surface area contributed by atoms with E-state index >= 15 is 0 Å². The van der Waals surface area contributed by atoms with Gasteiger partial charge in [0.15, 0.2) is 0 Å². The molecule has 1 aliphatic rings. The summed E-state index contributed by atoms with van der Waals surface area (Å²) in [6, 6.07) is 16.5. The van der Waals surface area contributed by atoms with Gasteiger partial charge in [-0.15, -0.1) is 11.3 Å². The fourth-order valence-electron chi connectivity index (χ4n) is 4.57. The quantitative estimate of drug-likeness (QED) is 0.304. The smallest absolute Gasteiger partial charge is 0.337 e. The molecule has 0 saturated carbocycles. The van der Waals surface area contributed by atoms with Crippen molar-refractivity contribution in [3.8, 4) is 11.1 Å². The molecule has 7 nitrogen and oxygen atoms in total. The SMILES string of the molecule is Cc1ccc(C2CC(c3c(-c4ccc(Cl)cc4)c4ccccc4[nH]c3=O)=NN2C(=O)C(F)(F)CC(=O)O)s1. The molecule has 2 aromatic carbocycles. The summed E-state index contributed by atoms with van der Waals surface area (Å²) in [4.78, 5) is 41.8. The molecule has 2 aromatic heterocycles. The molecular weight excluding hydrogens is 536 g/mol. The molecule has 5 rings (SSSR count). The average molecular weight is 556 g/mol. The van der Waals surface area contributed by atoms with E-state index in [-0.39, 0.29) is 17.7 Å². The van der Waals surface area contributed by atoms with Crippen LogP contribution in [0.15, 0.2) is 70.6 Å². The lowest BCUT2D eigenvalue weighted by atomic mass is 9.92. The minimum absolute atomic E-state index is 0.0170. The fraction of sp³-hybridized carbons (Fsp3) is 0.185. The molecule has 3 heterocycles. The van der Waals surface area contributed by atoms with Crippen molar-refractivity contribution in [2.24, 2.45) is 5.10 Å². The van der Waals surface area contributed by atoms with Gasteiger partial charge in [-0.05, 0) is 42.8 Å². The Hall–Kier alpha value is -3.89. The van der Waals surface area contributed by atoms with E-state index in [0.29, 0.717) is 36.9 Å². The monoisotopic (exact) mass is 555 g/mol. The number of pyridine rings is 1. The molecule has 0 bridgehead atoms. The van der Waals surface area contributed by atoms with Gasteiger partial charge in [-0.25, -0.2) is 5.01 Å². The van der Waals surface area contributed by atoms with Crippen LogP contribution in [-0.2, 0) is 9.59 Å². The number of nitrogens with one attached hydrogen (secondary N) is 1. The number of nitrogens with zero attached hydrogens (tertiary/aromatic N) is 2. The van der Waals surface area contributed by atoms with Crippen LogP contribution in [0.1, 0.15) is 34.2 Å². The summed E-state index contributed by atoms with van der Waals surface area (Å²) < 4.78 is 29.4. The van der Waals surface area contributed by atoms with Crippen LogP contribution in [0, 0.1) is 6.92 Å². The summed E-state index contributed by atoms with van der Waals surface area (Å²) >= 11 is 7.40. The van der Waals surface area contributed by atoms with Crippen LogP contribution in [0.4, 0.5) is 8.78 Å². The van der Waals surface area contributed by atoms with Crippen molar-refractivity contribution in [3.63, 3.8) is 0 Å². The number of thiophene rings is 1. The van der Waals surface area contributed by atoms with Gasteiger partial charge in [0.25, 0.3) is 5.56 Å². The van der Waals surface area contributed by atoms with Gasteiger partial charge in [0.05, 0.1) is 17.3 Å². The Labute approximate surface area is 224 Å². The third-order valence-corrected chi connectivity index (χ3v) is 7.59. The van der Waals surface area contributed by atoms with Crippen LogP contribution in [0.2, 0.25) is 5.02 Å². The van der Waals surface area contributed by atoms with Gasteiger partial charge in [-0.1, -0.05) is 41.9 Å². The highest BCUT2D eigenvalue weighted by Gasteiger charge is 2.49. The number of alkyl halides is 2. The van der Waals surface area contributed by atoms with Crippen LogP contribution < -0.4 is 5.56 Å². The van der Waals surface area contributed by atoms with E-state index in [9.17, 15) is 23.2 Å². The number of amides is 1. The number of benzene rings is 2. The number of halogens is 3. The van der Waals surface area contributed by atoms with Crippen LogP contribution >= 0.6 is 22.9 Å². The minimum atomic E-state index is -4.19. The van der Waals surface area contributed by atoms with Crippen LogP contribution in [-0.4, -0.2) is 38.6 Å². The topological polar surface area (TPSA) is 103 Å². The lowest BCUT2D eigenvalue weighted by Crippen LogP contribution is -2.42. The third kappa shape index (κ3) is 4.72. The largest absolute Gasteiger partial charge is 0.481 e. The number of aromatic nitrogens is 1. The number of para-hydroxylation sites is 1. The summed E-state index contributed by atoms with van der Waals surface area (Å²) in [5.74, 6) is -7.74. The van der Waals surface area contributed by atoms with Gasteiger partial charge in [0.2, 0.25) is 0 Å². The molecule has 1 aliphatic heterocycles. The van der Waals surface area contributed by atoms with E-state index < -0.39 is 35.8 Å². The Kier molecular flexibility index (Phi) is 6.62. The Morgan fingerprint density at radius 2 is 1.84 bits per heavy atom. The van der Waals surface area contributed by atoms with E-state index in [1.54, 1.807) is 54.6 Å². The second-order valence-electron chi connectivity index (χ2n) is 8.90. The molecule has 2 N–H and O–H groups in total. The average Bonchev–Trinajstić information content (AvgIpc) is 3.49. The molecule has 0 aliphatic carbocycles. The number of carboxylic acid groups (broad SMARTS) is 1. The Bertz CT molecular complexity index is 1660. The summed E-state index contributed by atoms with van der Waals surface area (Å²) in [6.45, 7) is 1.84. The number of aromatic amines is 1. The molecule has 4 aromatic rings. The first-order valence-corrected chi connectivity index (χ1v) is 12.7. The van der Waals surface area contributed by atoms with Crippen LogP contribution in [0.5, 0.6) is 0 Å². The summed E-state index contributed by atoms with van der Waals surface area (Å²) in [6.07, 6.45) is -1.69. The lowest BCUT2D eigenvalue weighted by molar-refractivity contribution is -0.167. The number of aryl methyl sites for hydroxylation is 1. The molecule has 1 amide bonds. The highest BCUT2D eigenvalue weighted by atomic mass is 35.5. The number of hydrogen-bond acceptors (Lipinski definition) is 5. The van der Waals surface area contributed by atoms with Gasteiger partial charge >= 0.3 is 17.8 Å². The summed E-state index contributed by atoms with van der Waals surface area (Å²) in [5.41, 5.74) is 1.52. The number of hydrazone groups is 1. The minimum Gasteiger partial charge on any atom is -0.481 e.